The highest BCUT2D eigenvalue weighted by atomic mass is 16.5. The molecule has 130 valence electrons. The number of nitriles is 1. The predicted molar refractivity (Wildman–Crippen MR) is 94.6 cm³/mol. The van der Waals surface area contributed by atoms with Crippen LogP contribution < -0.4 is 9.47 Å². The van der Waals surface area contributed by atoms with Gasteiger partial charge in [0.2, 0.25) is 0 Å². The molecule has 5 nitrogen and oxygen atoms in total. The summed E-state index contributed by atoms with van der Waals surface area (Å²) < 4.78 is 11.1. The van der Waals surface area contributed by atoms with Crippen molar-refractivity contribution in [2.24, 2.45) is 0 Å². The molecule has 0 aliphatic carbocycles. The highest BCUT2D eigenvalue weighted by Crippen LogP contribution is 2.33. The van der Waals surface area contributed by atoms with E-state index in [1.807, 2.05) is 30.3 Å². The third kappa shape index (κ3) is 4.11. The molecule has 2 aromatic rings. The normalized spacial score (nSPS) is 20.2. The van der Waals surface area contributed by atoms with E-state index in [-0.39, 0.29) is 12.1 Å². The first kappa shape index (κ1) is 17.3. The summed E-state index contributed by atoms with van der Waals surface area (Å²) in [5, 5.41) is 19.2. The molecule has 3 rings (SSSR count). The smallest absolute Gasteiger partial charge is 0.137 e. The standard InChI is InChI=1S/C20H22N2O3/c1-24-18-7-4-6-15(11-18)19-12-17(23)14-22(19)9-10-25-20-8-3-2-5-16(20)13-21/h2-8,11,17,19,23H,9-10,12,14H2,1H3/t17-,19-/m1/s1. The summed E-state index contributed by atoms with van der Waals surface area (Å²) in [6, 6.07) is 17.5. The summed E-state index contributed by atoms with van der Waals surface area (Å²) in [5.41, 5.74) is 1.67. The largest absolute Gasteiger partial charge is 0.497 e. The number of methoxy groups -OCH3 is 1. The van der Waals surface area contributed by atoms with E-state index in [1.165, 1.54) is 0 Å². The molecule has 0 amide bonds. The van der Waals surface area contributed by atoms with Crippen molar-refractivity contribution in [1.82, 2.24) is 4.90 Å². The van der Waals surface area contributed by atoms with Crippen molar-refractivity contribution < 1.29 is 14.6 Å². The summed E-state index contributed by atoms with van der Waals surface area (Å²) in [5.74, 6) is 1.42. The number of para-hydroxylation sites is 1. The molecule has 25 heavy (non-hydrogen) atoms. The van der Waals surface area contributed by atoms with Crippen LogP contribution in [0, 0.1) is 11.3 Å². The fourth-order valence-electron chi connectivity index (χ4n) is 3.28. The highest BCUT2D eigenvalue weighted by Gasteiger charge is 2.31. The lowest BCUT2D eigenvalue weighted by atomic mass is 10.0. The minimum atomic E-state index is -0.345. The molecule has 0 aromatic heterocycles. The zero-order chi connectivity index (χ0) is 17.6. The van der Waals surface area contributed by atoms with Crippen LogP contribution in [-0.4, -0.2) is 42.9 Å². The first-order valence-electron chi connectivity index (χ1n) is 8.39. The Morgan fingerprint density at radius 2 is 2.08 bits per heavy atom. The van der Waals surface area contributed by atoms with Crippen LogP contribution in [0.2, 0.25) is 0 Å². The molecular weight excluding hydrogens is 316 g/mol. The molecule has 0 saturated carbocycles. The van der Waals surface area contributed by atoms with E-state index in [1.54, 1.807) is 19.2 Å². The van der Waals surface area contributed by atoms with Gasteiger partial charge in [0.05, 0.1) is 18.8 Å². The predicted octanol–water partition coefficient (Wildman–Crippen LogP) is 2.75. The van der Waals surface area contributed by atoms with Crippen LogP contribution >= 0.6 is 0 Å². The van der Waals surface area contributed by atoms with Crippen molar-refractivity contribution in [3.05, 3.63) is 59.7 Å². The number of ether oxygens (including phenoxy) is 2. The first-order valence-corrected chi connectivity index (χ1v) is 8.39. The second kappa shape index (κ2) is 8.02. The molecule has 0 unspecified atom stereocenters. The summed E-state index contributed by atoms with van der Waals surface area (Å²) in [4.78, 5) is 2.22. The molecule has 1 N–H and O–H groups in total. The van der Waals surface area contributed by atoms with Gasteiger partial charge >= 0.3 is 0 Å². The molecule has 2 aromatic carbocycles. The third-order valence-corrected chi connectivity index (χ3v) is 4.50. The first-order chi connectivity index (χ1) is 12.2. The number of benzene rings is 2. The Bertz CT molecular complexity index is 757. The number of aliphatic hydroxyl groups excluding tert-OH is 1. The molecule has 2 atom stereocenters. The number of hydrogen-bond acceptors (Lipinski definition) is 5. The van der Waals surface area contributed by atoms with E-state index in [9.17, 15) is 5.11 Å². The molecule has 1 heterocycles. The number of rotatable bonds is 6. The quantitative estimate of drug-likeness (QED) is 0.877. The van der Waals surface area contributed by atoms with Gasteiger partial charge in [0.25, 0.3) is 0 Å². The molecule has 1 fully saturated rings. The van der Waals surface area contributed by atoms with Gasteiger partial charge in [-0.1, -0.05) is 24.3 Å². The van der Waals surface area contributed by atoms with Gasteiger partial charge in [0.15, 0.2) is 0 Å². The van der Waals surface area contributed by atoms with Gasteiger partial charge in [-0.2, -0.15) is 5.26 Å². The SMILES string of the molecule is COc1cccc([C@H]2C[C@@H](O)CN2CCOc2ccccc2C#N)c1. The number of likely N-dealkylation sites (tertiary alicyclic amines) is 1. The van der Waals surface area contributed by atoms with Crippen LogP contribution in [0.5, 0.6) is 11.5 Å². The van der Waals surface area contributed by atoms with Crippen LogP contribution in [0.15, 0.2) is 48.5 Å². The van der Waals surface area contributed by atoms with E-state index >= 15 is 0 Å². The maximum Gasteiger partial charge on any atom is 0.137 e. The van der Waals surface area contributed by atoms with Gasteiger partial charge in [0.1, 0.15) is 24.2 Å². The van der Waals surface area contributed by atoms with Gasteiger partial charge in [-0.05, 0) is 36.2 Å². The monoisotopic (exact) mass is 338 g/mol. The number of β-amino-alcohol motifs (C(OH)–C–C–N with tert-alkyl or cyclic N) is 1. The number of nitrogens with zero attached hydrogens (tertiary/aromatic N) is 2. The summed E-state index contributed by atoms with van der Waals surface area (Å²) in [6.45, 7) is 1.76. The summed E-state index contributed by atoms with van der Waals surface area (Å²) in [7, 11) is 1.65. The molecule has 1 aliphatic rings. The number of hydrogen-bond donors (Lipinski definition) is 1. The van der Waals surface area contributed by atoms with Gasteiger partial charge in [-0.25, -0.2) is 0 Å². The Labute approximate surface area is 148 Å². The Morgan fingerprint density at radius 3 is 2.88 bits per heavy atom. The van der Waals surface area contributed by atoms with Gasteiger partial charge < -0.3 is 14.6 Å². The molecular formula is C20H22N2O3. The molecule has 5 heteroatoms. The van der Waals surface area contributed by atoms with Crippen molar-refractivity contribution in [2.75, 3.05) is 26.8 Å². The minimum absolute atomic E-state index is 0.139. The van der Waals surface area contributed by atoms with Crippen molar-refractivity contribution in [3.63, 3.8) is 0 Å². The average Bonchev–Trinajstić information content (AvgIpc) is 3.03. The lowest BCUT2D eigenvalue weighted by Gasteiger charge is -2.24. The van der Waals surface area contributed by atoms with Gasteiger partial charge in [0, 0.05) is 19.1 Å². The van der Waals surface area contributed by atoms with Gasteiger partial charge in [-0.15, -0.1) is 0 Å². The van der Waals surface area contributed by atoms with E-state index in [4.69, 9.17) is 14.7 Å². The Kier molecular flexibility index (Phi) is 5.54. The van der Waals surface area contributed by atoms with E-state index in [0.717, 1.165) is 11.3 Å². The maximum absolute atomic E-state index is 10.1. The van der Waals surface area contributed by atoms with Crippen LogP contribution in [0.25, 0.3) is 0 Å². The fourth-order valence-corrected chi connectivity index (χ4v) is 3.28. The summed E-state index contributed by atoms with van der Waals surface area (Å²) >= 11 is 0. The van der Waals surface area contributed by atoms with E-state index in [0.29, 0.717) is 37.4 Å². The van der Waals surface area contributed by atoms with E-state index in [2.05, 4.69) is 17.0 Å². The average molecular weight is 338 g/mol. The van der Waals surface area contributed by atoms with Crippen molar-refractivity contribution >= 4 is 0 Å². The Balaban J connectivity index is 1.65. The van der Waals surface area contributed by atoms with Crippen LogP contribution in [0.4, 0.5) is 0 Å². The highest BCUT2D eigenvalue weighted by molar-refractivity contribution is 5.42. The molecule has 0 spiro atoms. The molecule has 0 bridgehead atoms. The second-order valence-corrected chi connectivity index (χ2v) is 6.13. The maximum atomic E-state index is 10.1. The third-order valence-electron chi connectivity index (χ3n) is 4.50. The molecule has 1 aliphatic heterocycles. The zero-order valence-electron chi connectivity index (χ0n) is 14.3. The topological polar surface area (TPSA) is 65.7 Å². The van der Waals surface area contributed by atoms with Crippen LogP contribution in [0.1, 0.15) is 23.6 Å². The van der Waals surface area contributed by atoms with Crippen LogP contribution in [0.3, 0.4) is 0 Å². The minimum Gasteiger partial charge on any atom is -0.497 e. The summed E-state index contributed by atoms with van der Waals surface area (Å²) in [6.07, 6.45) is 0.352. The fraction of sp³-hybridized carbons (Fsp3) is 0.350. The second-order valence-electron chi connectivity index (χ2n) is 6.13. The van der Waals surface area contributed by atoms with Crippen LogP contribution in [-0.2, 0) is 0 Å². The molecule has 1 saturated heterocycles. The lowest BCUT2D eigenvalue weighted by Crippen LogP contribution is -2.29. The van der Waals surface area contributed by atoms with Crippen molar-refractivity contribution in [2.45, 2.75) is 18.6 Å². The molecule has 0 radical (unpaired) electrons. The van der Waals surface area contributed by atoms with Crippen molar-refractivity contribution in [3.8, 4) is 17.6 Å². The number of aliphatic hydroxyl groups is 1. The lowest BCUT2D eigenvalue weighted by molar-refractivity contribution is 0.161. The zero-order valence-corrected chi connectivity index (χ0v) is 14.3. The van der Waals surface area contributed by atoms with Gasteiger partial charge in [-0.3, -0.25) is 4.90 Å². The van der Waals surface area contributed by atoms with Crippen molar-refractivity contribution in [1.29, 1.82) is 5.26 Å². The van der Waals surface area contributed by atoms with E-state index < -0.39 is 0 Å². The Morgan fingerprint density at radius 1 is 1.24 bits per heavy atom. The Hall–Kier alpha value is -2.55.